The van der Waals surface area contributed by atoms with Crippen molar-refractivity contribution in [2.45, 2.75) is 0 Å². The predicted octanol–water partition coefficient (Wildman–Crippen LogP) is 2.25. The molecule has 0 N–H and O–H groups in total. The maximum absolute atomic E-state index is 5.25. The monoisotopic (exact) mass is 259 g/mol. The Morgan fingerprint density at radius 1 is 1.36 bits per heavy atom. The van der Waals surface area contributed by atoms with Crippen molar-refractivity contribution in [2.75, 3.05) is 27.1 Å². The van der Waals surface area contributed by atoms with Crippen LogP contribution in [-0.2, 0) is 9.47 Å². The van der Waals surface area contributed by atoms with Crippen LogP contribution in [0.25, 0.3) is 0 Å². The summed E-state index contributed by atoms with van der Waals surface area (Å²) in [5.41, 5.74) is 0. The summed E-state index contributed by atoms with van der Waals surface area (Å²) < 4.78 is 16.2. The molecule has 4 heteroatoms. The van der Waals surface area contributed by atoms with Gasteiger partial charge >= 0.3 is 0 Å². The smallest absolute Gasteiger partial charge is 0.189 e. The fraction of sp³-hybridized carbons (Fsp3) is 0.400. The Balaban J connectivity index is 2.15. The van der Waals surface area contributed by atoms with Crippen LogP contribution in [0.1, 0.15) is 0 Å². The van der Waals surface area contributed by atoms with Gasteiger partial charge in [0.25, 0.3) is 0 Å². The van der Waals surface area contributed by atoms with Crippen molar-refractivity contribution < 1.29 is 14.2 Å². The van der Waals surface area contributed by atoms with E-state index < -0.39 is 0 Å². The van der Waals surface area contributed by atoms with Gasteiger partial charge in [0.2, 0.25) is 0 Å². The van der Waals surface area contributed by atoms with Crippen molar-refractivity contribution in [1.82, 2.24) is 0 Å². The van der Waals surface area contributed by atoms with Gasteiger partial charge in [0.05, 0.1) is 13.2 Å². The molecule has 0 aliphatic heterocycles. The minimum absolute atomic E-state index is 0.224. The first-order chi connectivity index (χ1) is 6.83. The van der Waals surface area contributed by atoms with Crippen LogP contribution in [0.4, 0.5) is 0 Å². The highest BCUT2D eigenvalue weighted by molar-refractivity contribution is 9.10. The van der Waals surface area contributed by atoms with Gasteiger partial charge in [-0.15, -0.1) is 0 Å². The minimum atomic E-state index is 0.224. The zero-order valence-electron chi connectivity index (χ0n) is 7.96. The second-order valence-corrected chi connectivity index (χ2v) is 3.45. The zero-order valence-corrected chi connectivity index (χ0v) is 9.54. The van der Waals surface area contributed by atoms with Gasteiger partial charge < -0.3 is 14.2 Å². The summed E-state index contributed by atoms with van der Waals surface area (Å²) in [6.07, 6.45) is 0. The molecule has 0 fully saturated rings. The van der Waals surface area contributed by atoms with E-state index in [0.29, 0.717) is 19.0 Å². The van der Waals surface area contributed by atoms with Crippen LogP contribution < -0.4 is 4.74 Å². The lowest BCUT2D eigenvalue weighted by molar-refractivity contribution is -0.00859. The Bertz CT molecular complexity index is 248. The quantitative estimate of drug-likeness (QED) is 0.580. The number of benzene rings is 1. The van der Waals surface area contributed by atoms with Gasteiger partial charge in [-0.25, -0.2) is 0 Å². The van der Waals surface area contributed by atoms with Crippen LogP contribution in [-0.4, -0.2) is 27.1 Å². The Morgan fingerprint density at radius 2 is 2.21 bits per heavy atom. The van der Waals surface area contributed by atoms with Crippen LogP contribution >= 0.6 is 15.9 Å². The average molecular weight is 260 g/mol. The molecule has 0 aromatic heterocycles. The topological polar surface area (TPSA) is 27.7 Å². The highest BCUT2D eigenvalue weighted by atomic mass is 79.9. The van der Waals surface area contributed by atoms with E-state index in [-0.39, 0.29) is 6.79 Å². The molecule has 3 nitrogen and oxygen atoms in total. The first-order valence-electron chi connectivity index (χ1n) is 4.19. The van der Waals surface area contributed by atoms with E-state index in [0.717, 1.165) is 4.47 Å². The third kappa shape index (κ3) is 4.60. The highest BCUT2D eigenvalue weighted by Crippen LogP contribution is 2.14. The minimum Gasteiger partial charge on any atom is -0.467 e. The third-order valence-electron chi connectivity index (χ3n) is 1.48. The molecule has 0 heterocycles. The fourth-order valence-electron chi connectivity index (χ4n) is 0.788. The maximum Gasteiger partial charge on any atom is 0.189 e. The molecule has 1 aromatic rings. The molecule has 14 heavy (non-hydrogen) atoms. The van der Waals surface area contributed by atoms with Crippen molar-refractivity contribution in [1.29, 1.82) is 0 Å². The third-order valence-corrected chi connectivity index (χ3v) is 1.97. The van der Waals surface area contributed by atoms with Crippen molar-refractivity contribution in [3.8, 4) is 5.75 Å². The second kappa shape index (κ2) is 6.81. The van der Waals surface area contributed by atoms with Crippen molar-refractivity contribution in [2.24, 2.45) is 0 Å². The molecule has 0 amide bonds. The summed E-state index contributed by atoms with van der Waals surface area (Å²) in [7, 11) is 1.63. The van der Waals surface area contributed by atoms with Gasteiger partial charge in [-0.05, 0) is 18.2 Å². The molecule has 1 rings (SSSR count). The molecule has 1 radical (unpaired) electrons. The molecule has 0 spiro atoms. The zero-order chi connectivity index (χ0) is 10.2. The van der Waals surface area contributed by atoms with E-state index in [9.17, 15) is 0 Å². The first kappa shape index (κ1) is 11.5. The number of rotatable bonds is 6. The van der Waals surface area contributed by atoms with Gasteiger partial charge in [0.15, 0.2) is 6.79 Å². The van der Waals surface area contributed by atoms with Crippen LogP contribution in [0.2, 0.25) is 0 Å². The fourth-order valence-corrected chi connectivity index (χ4v) is 1.03. The van der Waals surface area contributed by atoms with Crippen molar-refractivity contribution in [3.63, 3.8) is 0 Å². The Hall–Kier alpha value is -0.580. The van der Waals surface area contributed by atoms with Gasteiger partial charge in [-0.3, -0.25) is 0 Å². The summed E-state index contributed by atoms with van der Waals surface area (Å²) in [6, 6.07) is 8.46. The molecule has 1 aromatic carbocycles. The molecule has 0 bridgehead atoms. The summed E-state index contributed by atoms with van der Waals surface area (Å²) in [6.45, 7) is 1.34. The van der Waals surface area contributed by atoms with Crippen molar-refractivity contribution >= 4 is 15.9 Å². The summed E-state index contributed by atoms with van der Waals surface area (Å²) >= 11 is 3.31. The van der Waals surface area contributed by atoms with Gasteiger partial charge in [-0.2, -0.15) is 0 Å². The molecular formula is C10H12BrO3. The lowest BCUT2D eigenvalue weighted by Crippen LogP contribution is -2.07. The van der Waals surface area contributed by atoms with Crippen LogP contribution in [0.5, 0.6) is 5.75 Å². The highest BCUT2D eigenvalue weighted by Gasteiger charge is 1.93. The van der Waals surface area contributed by atoms with E-state index in [1.54, 1.807) is 13.2 Å². The standard InChI is InChI=1S/C10H12BrO3/c1-12-6-7-13-8-14-10-4-2-9(11)3-5-10/h2-4H,6-8H2,1H3. The Kier molecular flexibility index (Phi) is 5.59. The van der Waals surface area contributed by atoms with E-state index in [4.69, 9.17) is 14.2 Å². The second-order valence-electron chi connectivity index (χ2n) is 2.53. The average Bonchev–Trinajstić information content (AvgIpc) is 2.21. The van der Waals surface area contributed by atoms with E-state index in [1.165, 1.54) is 0 Å². The predicted molar refractivity (Wildman–Crippen MR) is 56.3 cm³/mol. The lowest BCUT2D eigenvalue weighted by Gasteiger charge is -2.06. The molecule has 0 aliphatic rings. The van der Waals surface area contributed by atoms with Crippen LogP contribution in [0.15, 0.2) is 22.7 Å². The van der Waals surface area contributed by atoms with Gasteiger partial charge in [-0.1, -0.05) is 15.9 Å². The van der Waals surface area contributed by atoms with Crippen LogP contribution in [0.3, 0.4) is 0 Å². The normalized spacial score (nSPS) is 10.1. The molecule has 77 valence electrons. The van der Waals surface area contributed by atoms with Crippen LogP contribution in [0, 0.1) is 6.07 Å². The van der Waals surface area contributed by atoms with Gasteiger partial charge in [0, 0.05) is 17.6 Å². The Morgan fingerprint density at radius 3 is 2.86 bits per heavy atom. The first-order valence-corrected chi connectivity index (χ1v) is 4.99. The summed E-state index contributed by atoms with van der Waals surface area (Å²) in [5, 5.41) is 0. The lowest BCUT2D eigenvalue weighted by atomic mass is 10.3. The van der Waals surface area contributed by atoms with Crippen molar-refractivity contribution in [3.05, 3.63) is 28.7 Å². The molecule has 0 unspecified atom stereocenters. The van der Waals surface area contributed by atoms with E-state index >= 15 is 0 Å². The molecular weight excluding hydrogens is 248 g/mol. The van der Waals surface area contributed by atoms with Gasteiger partial charge in [0.1, 0.15) is 5.75 Å². The molecule has 0 aliphatic carbocycles. The van der Waals surface area contributed by atoms with E-state index in [2.05, 4.69) is 22.0 Å². The summed E-state index contributed by atoms with van der Waals surface area (Å²) in [5.74, 6) is 0.672. The molecule has 0 saturated heterocycles. The number of hydrogen-bond donors (Lipinski definition) is 0. The summed E-state index contributed by atoms with van der Waals surface area (Å²) in [4.78, 5) is 0. The molecule has 0 atom stereocenters. The number of halogens is 1. The number of methoxy groups -OCH3 is 1. The van der Waals surface area contributed by atoms with E-state index in [1.807, 2.05) is 12.1 Å². The molecule has 0 saturated carbocycles. The SMILES string of the molecule is COCCOCOc1[c]cc(Br)cc1. The Labute approximate surface area is 92.1 Å². The maximum atomic E-state index is 5.25. The largest absolute Gasteiger partial charge is 0.467 e. The number of ether oxygens (including phenoxy) is 3. The number of hydrogen-bond acceptors (Lipinski definition) is 3.